The maximum absolute atomic E-state index is 15.0. The predicted molar refractivity (Wildman–Crippen MR) is 116 cm³/mol. The summed E-state index contributed by atoms with van der Waals surface area (Å²) in [6.45, 7) is 2.94. The molecule has 9 heteroatoms. The van der Waals surface area contributed by atoms with E-state index in [1.165, 1.54) is 12.0 Å². The van der Waals surface area contributed by atoms with Crippen LogP contribution in [0, 0.1) is 11.6 Å². The van der Waals surface area contributed by atoms with Gasteiger partial charge in [-0.25, -0.2) is 18.4 Å². The summed E-state index contributed by atoms with van der Waals surface area (Å²) in [5.74, 6) is -3.28. The van der Waals surface area contributed by atoms with Gasteiger partial charge in [-0.3, -0.25) is 0 Å². The lowest BCUT2D eigenvalue weighted by atomic mass is 9.90. The summed E-state index contributed by atoms with van der Waals surface area (Å²) in [7, 11) is 1.31. The quantitative estimate of drug-likeness (QED) is 0.725. The van der Waals surface area contributed by atoms with E-state index in [0.717, 1.165) is 23.4 Å². The Morgan fingerprint density at radius 2 is 2.00 bits per heavy atom. The van der Waals surface area contributed by atoms with Crippen LogP contribution in [-0.4, -0.2) is 59.9 Å². The van der Waals surface area contributed by atoms with E-state index in [1.54, 1.807) is 0 Å². The topological polar surface area (TPSA) is 79.3 Å². The van der Waals surface area contributed by atoms with Crippen molar-refractivity contribution in [1.82, 2.24) is 9.80 Å². The van der Waals surface area contributed by atoms with Gasteiger partial charge in [0.05, 0.1) is 37.5 Å². The van der Waals surface area contributed by atoms with Crippen LogP contribution in [0.15, 0.2) is 53.5 Å². The molecule has 3 aliphatic heterocycles. The number of fused-ring (bicyclic) bond motifs is 1. The van der Waals surface area contributed by atoms with Crippen LogP contribution in [0.4, 0.5) is 13.6 Å². The summed E-state index contributed by atoms with van der Waals surface area (Å²) in [5, 5.41) is 9.13. The molecule has 0 aromatic heterocycles. The smallest absolute Gasteiger partial charge is 0.409 e. The number of hydrogen-bond donors (Lipinski definition) is 1. The van der Waals surface area contributed by atoms with Crippen molar-refractivity contribution in [2.75, 3.05) is 26.8 Å². The average Bonchev–Trinajstić information content (AvgIpc) is 2.79. The van der Waals surface area contributed by atoms with Crippen LogP contribution in [-0.2, 0) is 9.47 Å². The van der Waals surface area contributed by atoms with Crippen LogP contribution >= 0.6 is 0 Å². The molecule has 1 amide bonds. The van der Waals surface area contributed by atoms with Crippen molar-refractivity contribution in [3.63, 3.8) is 0 Å². The fraction of sp³-hybridized carbons (Fsp3) is 0.333. The zero-order valence-corrected chi connectivity index (χ0v) is 18.3. The molecular formula is C24H24F2N2O5. The first-order valence-electron chi connectivity index (χ1n) is 10.5. The molecule has 33 heavy (non-hydrogen) atoms. The van der Waals surface area contributed by atoms with E-state index >= 15 is 8.78 Å². The largest absolute Gasteiger partial charge is 0.478 e. The Labute approximate surface area is 189 Å². The standard InChI is InChI=1S/C24H24F2N2O5/c1-14-5-6-28-16(9-14)3-4-18(22-19(25)10-15(23(29)30)11-20(22)26)21(28)12-17-13-27(7-8-33-17)24(31)32-2/h3,5-6,9-11,17H,4,7-8,12-13H2,1-2H3,(H,29,30)/t17-/m0/s1. The van der Waals surface area contributed by atoms with Crippen molar-refractivity contribution < 1.29 is 33.0 Å². The molecule has 3 aliphatic rings. The van der Waals surface area contributed by atoms with Crippen molar-refractivity contribution in [3.8, 4) is 0 Å². The Bertz CT molecular complexity index is 1100. The number of carbonyl (C=O) groups is 2. The van der Waals surface area contributed by atoms with Crippen molar-refractivity contribution >= 4 is 17.6 Å². The molecule has 0 radical (unpaired) electrons. The monoisotopic (exact) mass is 458 g/mol. The number of ether oxygens (including phenoxy) is 2. The maximum Gasteiger partial charge on any atom is 0.409 e. The highest BCUT2D eigenvalue weighted by molar-refractivity contribution is 5.88. The molecule has 0 aliphatic carbocycles. The lowest BCUT2D eigenvalue weighted by Gasteiger charge is -2.38. The first kappa shape index (κ1) is 22.7. The van der Waals surface area contributed by atoms with Crippen LogP contribution in [0.1, 0.15) is 35.7 Å². The number of rotatable bonds is 4. The Hall–Kier alpha value is -3.46. The van der Waals surface area contributed by atoms with Crippen molar-refractivity contribution in [2.45, 2.75) is 25.9 Å². The highest BCUT2D eigenvalue weighted by Crippen LogP contribution is 2.40. The Kier molecular flexibility index (Phi) is 6.33. The lowest BCUT2D eigenvalue weighted by molar-refractivity contribution is -0.0252. The third-order valence-corrected chi connectivity index (χ3v) is 5.88. The SMILES string of the molecule is COC(=O)N1CCO[C@@H](CC2=C(c3c(F)cc(C(=O)O)cc3F)CC=C3C=C(C)C=CN32)C1. The van der Waals surface area contributed by atoms with Crippen LogP contribution in [0.25, 0.3) is 5.57 Å². The number of benzene rings is 1. The number of halogens is 2. The number of carboxylic acid groups (broad SMARTS) is 1. The van der Waals surface area contributed by atoms with Crippen LogP contribution in [0.5, 0.6) is 0 Å². The number of aromatic carboxylic acids is 1. The third kappa shape index (κ3) is 4.54. The van der Waals surface area contributed by atoms with Gasteiger partial charge < -0.3 is 24.4 Å². The molecule has 1 N–H and O–H groups in total. The van der Waals surface area contributed by atoms with E-state index < -0.39 is 35.4 Å². The molecule has 0 saturated carbocycles. The summed E-state index contributed by atoms with van der Waals surface area (Å²) >= 11 is 0. The van der Waals surface area contributed by atoms with Crippen molar-refractivity contribution in [1.29, 1.82) is 0 Å². The van der Waals surface area contributed by atoms with Crippen LogP contribution in [0.2, 0.25) is 0 Å². The number of morpholine rings is 1. The zero-order chi connectivity index (χ0) is 23.7. The van der Waals surface area contributed by atoms with Gasteiger partial charge in [0.15, 0.2) is 0 Å². The van der Waals surface area contributed by atoms with E-state index in [0.29, 0.717) is 24.4 Å². The summed E-state index contributed by atoms with van der Waals surface area (Å²) in [6, 6.07) is 1.66. The number of carbonyl (C=O) groups excluding carboxylic acids is 1. The molecule has 1 atom stereocenters. The Balaban J connectivity index is 1.75. The second-order valence-corrected chi connectivity index (χ2v) is 8.07. The van der Waals surface area contributed by atoms with E-state index in [2.05, 4.69) is 0 Å². The fourth-order valence-electron chi connectivity index (χ4n) is 4.31. The molecule has 1 fully saturated rings. The number of carboxylic acids is 1. The number of hydrogen-bond acceptors (Lipinski definition) is 5. The van der Waals surface area contributed by atoms with E-state index in [-0.39, 0.29) is 24.9 Å². The molecular weight excluding hydrogens is 434 g/mol. The minimum absolute atomic E-state index is 0.256. The van der Waals surface area contributed by atoms with E-state index in [4.69, 9.17) is 14.6 Å². The number of amides is 1. The van der Waals surface area contributed by atoms with Gasteiger partial charge in [0, 0.05) is 30.6 Å². The number of methoxy groups -OCH3 is 1. The van der Waals surface area contributed by atoms with Gasteiger partial charge in [0.25, 0.3) is 0 Å². The second-order valence-electron chi connectivity index (χ2n) is 8.07. The molecule has 3 heterocycles. The molecule has 1 saturated heterocycles. The summed E-state index contributed by atoms with van der Waals surface area (Å²) in [5.41, 5.74) is 2.23. The zero-order valence-electron chi connectivity index (χ0n) is 18.3. The molecule has 0 unspecified atom stereocenters. The molecule has 174 valence electrons. The highest BCUT2D eigenvalue weighted by Gasteiger charge is 2.32. The molecule has 1 aromatic rings. The first-order valence-corrected chi connectivity index (χ1v) is 10.5. The minimum atomic E-state index is -1.41. The minimum Gasteiger partial charge on any atom is -0.478 e. The normalized spacial score (nSPS) is 20.3. The van der Waals surface area contributed by atoms with Gasteiger partial charge in [-0.2, -0.15) is 0 Å². The average molecular weight is 458 g/mol. The Morgan fingerprint density at radius 3 is 2.67 bits per heavy atom. The lowest BCUT2D eigenvalue weighted by Crippen LogP contribution is -2.46. The maximum atomic E-state index is 15.0. The molecule has 0 spiro atoms. The van der Waals surface area contributed by atoms with Gasteiger partial charge in [-0.05, 0) is 48.8 Å². The van der Waals surface area contributed by atoms with Crippen LogP contribution < -0.4 is 0 Å². The summed E-state index contributed by atoms with van der Waals surface area (Å²) in [4.78, 5) is 26.6. The van der Waals surface area contributed by atoms with Gasteiger partial charge in [-0.1, -0.05) is 6.08 Å². The predicted octanol–water partition coefficient (Wildman–Crippen LogP) is 4.29. The number of nitrogens with zero attached hydrogens (tertiary/aromatic N) is 2. The summed E-state index contributed by atoms with van der Waals surface area (Å²) in [6.07, 6.45) is 7.24. The van der Waals surface area contributed by atoms with Gasteiger partial charge in [0.1, 0.15) is 11.6 Å². The Morgan fingerprint density at radius 1 is 1.27 bits per heavy atom. The van der Waals surface area contributed by atoms with Gasteiger partial charge in [0.2, 0.25) is 0 Å². The molecule has 1 aromatic carbocycles. The van der Waals surface area contributed by atoms with E-state index in [1.807, 2.05) is 36.3 Å². The highest BCUT2D eigenvalue weighted by atomic mass is 19.1. The van der Waals surface area contributed by atoms with Gasteiger partial charge >= 0.3 is 12.1 Å². The van der Waals surface area contributed by atoms with Gasteiger partial charge in [-0.15, -0.1) is 0 Å². The summed E-state index contributed by atoms with van der Waals surface area (Å²) < 4.78 is 40.7. The fourth-order valence-corrected chi connectivity index (χ4v) is 4.31. The number of allylic oxidation sites excluding steroid dienone is 5. The second kappa shape index (κ2) is 9.19. The molecule has 0 bridgehead atoms. The van der Waals surface area contributed by atoms with Crippen LogP contribution in [0.3, 0.4) is 0 Å². The molecule has 7 nitrogen and oxygen atoms in total. The first-order chi connectivity index (χ1) is 15.8. The van der Waals surface area contributed by atoms with E-state index in [9.17, 15) is 9.59 Å². The third-order valence-electron chi connectivity index (χ3n) is 5.88. The van der Waals surface area contributed by atoms with Crippen molar-refractivity contribution in [2.24, 2.45) is 0 Å². The van der Waals surface area contributed by atoms with Crippen molar-refractivity contribution in [3.05, 3.63) is 76.3 Å². The molecule has 4 rings (SSSR count).